The molecule has 1 aromatic carbocycles. The lowest BCUT2D eigenvalue weighted by atomic mass is 10.1. The van der Waals surface area contributed by atoms with E-state index < -0.39 is 12.1 Å². The quantitative estimate of drug-likeness (QED) is 0.825. The highest BCUT2D eigenvalue weighted by molar-refractivity contribution is 9.10. The van der Waals surface area contributed by atoms with Crippen LogP contribution in [0, 0.1) is 0 Å². The summed E-state index contributed by atoms with van der Waals surface area (Å²) in [7, 11) is 0. The normalized spacial score (nSPS) is 12.2. The zero-order chi connectivity index (χ0) is 11.4. The Balaban J connectivity index is 2.94. The van der Waals surface area contributed by atoms with E-state index >= 15 is 0 Å². The van der Waals surface area contributed by atoms with Gasteiger partial charge in [-0.25, -0.2) is 4.79 Å². The molecule has 0 aliphatic heterocycles. The molecule has 0 heterocycles. The van der Waals surface area contributed by atoms with Crippen LogP contribution >= 0.6 is 15.9 Å². The summed E-state index contributed by atoms with van der Waals surface area (Å²) in [6, 6.07) is 4.31. The van der Waals surface area contributed by atoms with Crippen LogP contribution in [0.1, 0.15) is 18.6 Å². The number of carbonyl (C=O) groups is 1. The molecule has 5 heteroatoms. The second-order valence-corrected chi connectivity index (χ2v) is 3.71. The van der Waals surface area contributed by atoms with Crippen LogP contribution in [0.3, 0.4) is 0 Å². The van der Waals surface area contributed by atoms with Gasteiger partial charge in [0.2, 0.25) is 0 Å². The number of esters is 1. The Morgan fingerprint density at radius 1 is 1.60 bits per heavy atom. The molecule has 2 N–H and O–H groups in total. The van der Waals surface area contributed by atoms with E-state index in [1.54, 1.807) is 13.0 Å². The van der Waals surface area contributed by atoms with Crippen molar-refractivity contribution >= 4 is 21.9 Å². The van der Waals surface area contributed by atoms with Gasteiger partial charge in [0.25, 0.3) is 0 Å². The number of ether oxygens (including phenoxy) is 1. The molecule has 0 saturated carbocycles. The van der Waals surface area contributed by atoms with Crippen molar-refractivity contribution < 1.29 is 19.7 Å². The highest BCUT2D eigenvalue weighted by Gasteiger charge is 2.21. The summed E-state index contributed by atoms with van der Waals surface area (Å²) in [5.41, 5.74) is 0.286. The van der Waals surface area contributed by atoms with Gasteiger partial charge in [-0.15, -0.1) is 0 Å². The van der Waals surface area contributed by atoms with E-state index in [4.69, 9.17) is 0 Å². The molecule has 0 aliphatic carbocycles. The van der Waals surface area contributed by atoms with Gasteiger partial charge in [-0.1, -0.05) is 15.9 Å². The fourth-order valence-electron chi connectivity index (χ4n) is 1.09. The standard InChI is InChI=1S/C10H11BrO4/c1-2-15-10(14)9(13)7-5-6(12)3-4-8(7)11/h3-5,9,12-13H,2H2,1H3. The predicted molar refractivity (Wildman–Crippen MR) is 57.4 cm³/mol. The number of hydrogen-bond donors (Lipinski definition) is 2. The van der Waals surface area contributed by atoms with Crippen molar-refractivity contribution in [2.75, 3.05) is 6.61 Å². The number of hydrogen-bond acceptors (Lipinski definition) is 4. The lowest BCUT2D eigenvalue weighted by Gasteiger charge is -2.11. The largest absolute Gasteiger partial charge is 0.508 e. The van der Waals surface area contributed by atoms with E-state index in [0.29, 0.717) is 4.47 Å². The van der Waals surface area contributed by atoms with Crippen molar-refractivity contribution in [2.24, 2.45) is 0 Å². The zero-order valence-electron chi connectivity index (χ0n) is 8.11. The summed E-state index contributed by atoms with van der Waals surface area (Å²) < 4.78 is 5.20. The molecule has 0 radical (unpaired) electrons. The molecule has 1 unspecified atom stereocenters. The first-order chi connectivity index (χ1) is 7.06. The van der Waals surface area contributed by atoms with Crippen LogP contribution in [0.4, 0.5) is 0 Å². The van der Waals surface area contributed by atoms with E-state index in [0.717, 1.165) is 0 Å². The van der Waals surface area contributed by atoms with Gasteiger partial charge >= 0.3 is 5.97 Å². The molecule has 15 heavy (non-hydrogen) atoms. The molecule has 0 fully saturated rings. The SMILES string of the molecule is CCOC(=O)C(O)c1cc(O)ccc1Br. The minimum Gasteiger partial charge on any atom is -0.508 e. The molecular formula is C10H11BrO4. The van der Waals surface area contributed by atoms with E-state index in [-0.39, 0.29) is 17.9 Å². The summed E-state index contributed by atoms with van der Waals surface area (Å²) in [5, 5.41) is 18.8. The lowest BCUT2D eigenvalue weighted by molar-refractivity contribution is -0.153. The molecule has 0 amide bonds. The average Bonchev–Trinajstić information content (AvgIpc) is 2.21. The summed E-state index contributed by atoms with van der Waals surface area (Å²) in [6.07, 6.45) is -1.38. The summed E-state index contributed by atoms with van der Waals surface area (Å²) in [6.45, 7) is 1.86. The number of aromatic hydroxyl groups is 1. The minimum atomic E-state index is -1.38. The monoisotopic (exact) mass is 274 g/mol. The third-order valence-electron chi connectivity index (χ3n) is 1.78. The zero-order valence-corrected chi connectivity index (χ0v) is 9.69. The third kappa shape index (κ3) is 2.94. The van der Waals surface area contributed by atoms with Crippen molar-refractivity contribution in [3.8, 4) is 5.75 Å². The minimum absolute atomic E-state index is 0.0171. The van der Waals surface area contributed by atoms with E-state index in [1.807, 2.05) is 0 Å². The van der Waals surface area contributed by atoms with Gasteiger partial charge in [-0.3, -0.25) is 0 Å². The smallest absolute Gasteiger partial charge is 0.339 e. The molecule has 82 valence electrons. The van der Waals surface area contributed by atoms with Gasteiger partial charge in [0, 0.05) is 10.0 Å². The molecule has 0 aromatic heterocycles. The maximum atomic E-state index is 11.2. The number of aliphatic hydroxyl groups excluding tert-OH is 1. The highest BCUT2D eigenvalue weighted by Crippen LogP contribution is 2.27. The maximum absolute atomic E-state index is 11.2. The lowest BCUT2D eigenvalue weighted by Crippen LogP contribution is -2.15. The molecule has 1 rings (SSSR count). The number of halogens is 1. The Kier molecular flexibility index (Phi) is 4.11. The second kappa shape index (κ2) is 5.14. The Morgan fingerprint density at radius 2 is 2.27 bits per heavy atom. The van der Waals surface area contributed by atoms with Crippen LogP contribution in [-0.2, 0) is 9.53 Å². The molecular weight excluding hydrogens is 264 g/mol. The van der Waals surface area contributed by atoms with E-state index in [9.17, 15) is 15.0 Å². The van der Waals surface area contributed by atoms with Gasteiger partial charge in [-0.05, 0) is 25.1 Å². The summed E-state index contributed by atoms with van der Waals surface area (Å²) >= 11 is 3.17. The van der Waals surface area contributed by atoms with Crippen molar-refractivity contribution in [1.82, 2.24) is 0 Å². The van der Waals surface area contributed by atoms with Crippen molar-refractivity contribution in [1.29, 1.82) is 0 Å². The van der Waals surface area contributed by atoms with E-state index in [1.165, 1.54) is 12.1 Å². The van der Waals surface area contributed by atoms with Gasteiger partial charge in [0.05, 0.1) is 6.61 Å². The molecule has 0 spiro atoms. The van der Waals surface area contributed by atoms with Crippen LogP contribution in [0.2, 0.25) is 0 Å². The first-order valence-corrected chi connectivity index (χ1v) is 5.18. The van der Waals surface area contributed by atoms with Crippen LogP contribution in [0.15, 0.2) is 22.7 Å². The molecule has 4 nitrogen and oxygen atoms in total. The van der Waals surface area contributed by atoms with Crippen LogP contribution < -0.4 is 0 Å². The molecule has 0 aliphatic rings. The van der Waals surface area contributed by atoms with Gasteiger partial charge in [0.15, 0.2) is 6.10 Å². The number of benzene rings is 1. The Bertz CT molecular complexity index is 364. The molecule has 1 aromatic rings. The number of carbonyl (C=O) groups excluding carboxylic acids is 1. The Morgan fingerprint density at radius 3 is 2.87 bits per heavy atom. The van der Waals surface area contributed by atoms with Crippen LogP contribution in [0.25, 0.3) is 0 Å². The molecule has 1 atom stereocenters. The van der Waals surface area contributed by atoms with Crippen LogP contribution in [0.5, 0.6) is 5.75 Å². The first kappa shape index (κ1) is 12.0. The fraction of sp³-hybridized carbons (Fsp3) is 0.300. The van der Waals surface area contributed by atoms with Gasteiger partial charge in [-0.2, -0.15) is 0 Å². The van der Waals surface area contributed by atoms with Gasteiger partial charge in [0.1, 0.15) is 5.75 Å². The van der Waals surface area contributed by atoms with E-state index in [2.05, 4.69) is 20.7 Å². The Labute approximate surface area is 95.6 Å². The number of rotatable bonds is 3. The third-order valence-corrected chi connectivity index (χ3v) is 2.51. The predicted octanol–water partition coefficient (Wildman–Crippen LogP) is 1.75. The fourth-order valence-corrected chi connectivity index (χ4v) is 1.55. The van der Waals surface area contributed by atoms with Crippen molar-refractivity contribution in [3.63, 3.8) is 0 Å². The van der Waals surface area contributed by atoms with Crippen molar-refractivity contribution in [2.45, 2.75) is 13.0 Å². The summed E-state index contributed by atoms with van der Waals surface area (Å²) in [5.74, 6) is -0.750. The number of aliphatic hydroxyl groups is 1. The number of phenolic OH excluding ortho intramolecular Hbond substituents is 1. The second-order valence-electron chi connectivity index (χ2n) is 2.86. The average molecular weight is 275 g/mol. The van der Waals surface area contributed by atoms with Crippen LogP contribution in [-0.4, -0.2) is 22.8 Å². The first-order valence-electron chi connectivity index (χ1n) is 4.39. The summed E-state index contributed by atoms with van der Waals surface area (Å²) in [4.78, 5) is 11.2. The molecule has 0 bridgehead atoms. The topological polar surface area (TPSA) is 66.8 Å². The number of phenols is 1. The van der Waals surface area contributed by atoms with Crippen molar-refractivity contribution in [3.05, 3.63) is 28.2 Å². The highest BCUT2D eigenvalue weighted by atomic mass is 79.9. The molecule has 0 saturated heterocycles. The van der Waals surface area contributed by atoms with Gasteiger partial charge < -0.3 is 14.9 Å². The Hall–Kier alpha value is -1.07. The maximum Gasteiger partial charge on any atom is 0.339 e.